The number of likely N-dealkylation sites (tertiary alicyclic amines) is 1. The molecule has 1 aromatic rings. The normalized spacial score (nSPS) is 20.1. The third-order valence-electron chi connectivity index (χ3n) is 4.67. The summed E-state index contributed by atoms with van der Waals surface area (Å²) in [6, 6.07) is 3.32. The zero-order chi connectivity index (χ0) is 15.5. The van der Waals surface area contributed by atoms with E-state index in [0.29, 0.717) is 12.1 Å². The number of anilines is 2. The first kappa shape index (κ1) is 15.5. The second kappa shape index (κ2) is 6.79. The molecular weight excluding hydrogens is 278 g/mol. The zero-order valence-electron chi connectivity index (χ0n) is 13.6. The van der Waals surface area contributed by atoms with Gasteiger partial charge in [-0.25, -0.2) is 9.97 Å². The van der Waals surface area contributed by atoms with Crippen LogP contribution in [0.3, 0.4) is 0 Å². The lowest BCUT2D eigenvalue weighted by Gasteiger charge is -2.39. The van der Waals surface area contributed by atoms with Crippen LogP contribution in [0.25, 0.3) is 0 Å². The van der Waals surface area contributed by atoms with Crippen molar-refractivity contribution in [1.82, 2.24) is 14.9 Å². The summed E-state index contributed by atoms with van der Waals surface area (Å²) in [5.74, 6) is 2.04. The van der Waals surface area contributed by atoms with Gasteiger partial charge in [0.15, 0.2) is 0 Å². The van der Waals surface area contributed by atoms with Gasteiger partial charge in [-0.2, -0.15) is 0 Å². The summed E-state index contributed by atoms with van der Waals surface area (Å²) in [4.78, 5) is 15.8. The van der Waals surface area contributed by atoms with Crippen LogP contribution in [-0.2, 0) is 0 Å². The van der Waals surface area contributed by atoms with E-state index in [4.69, 9.17) is 5.11 Å². The first-order valence-corrected chi connectivity index (χ1v) is 8.30. The Hall–Kier alpha value is -1.40. The third kappa shape index (κ3) is 3.50. The van der Waals surface area contributed by atoms with Crippen molar-refractivity contribution in [2.75, 3.05) is 50.1 Å². The number of aliphatic hydroxyl groups excluding tert-OH is 1. The number of hydrogen-bond donors (Lipinski definition) is 1. The lowest BCUT2D eigenvalue weighted by molar-refractivity contribution is 0.162. The quantitative estimate of drug-likeness (QED) is 0.845. The molecule has 1 saturated heterocycles. The molecule has 0 aromatic carbocycles. The topological polar surface area (TPSA) is 55.7 Å². The van der Waals surface area contributed by atoms with Gasteiger partial charge in [-0.3, -0.25) is 0 Å². The van der Waals surface area contributed by atoms with Crippen molar-refractivity contribution in [3.05, 3.63) is 12.4 Å². The van der Waals surface area contributed by atoms with Crippen molar-refractivity contribution in [2.45, 2.75) is 37.8 Å². The van der Waals surface area contributed by atoms with Gasteiger partial charge in [0.25, 0.3) is 0 Å². The van der Waals surface area contributed by atoms with E-state index in [0.717, 1.165) is 44.1 Å². The molecule has 1 saturated carbocycles. The summed E-state index contributed by atoms with van der Waals surface area (Å²) < 4.78 is 0. The monoisotopic (exact) mass is 305 g/mol. The number of piperidine rings is 1. The van der Waals surface area contributed by atoms with Gasteiger partial charge in [0, 0.05) is 51.9 Å². The van der Waals surface area contributed by atoms with E-state index < -0.39 is 0 Å². The number of rotatable bonds is 6. The minimum Gasteiger partial charge on any atom is -0.395 e. The molecule has 1 N–H and O–H groups in total. The Bertz CT molecular complexity index is 483. The largest absolute Gasteiger partial charge is 0.395 e. The van der Waals surface area contributed by atoms with Gasteiger partial charge < -0.3 is 19.8 Å². The smallest absolute Gasteiger partial charge is 0.134 e. The summed E-state index contributed by atoms with van der Waals surface area (Å²) in [6.45, 7) is 3.20. The van der Waals surface area contributed by atoms with Crippen molar-refractivity contribution in [3.63, 3.8) is 0 Å². The highest BCUT2D eigenvalue weighted by Gasteiger charge is 2.36. The Morgan fingerprint density at radius 2 is 1.73 bits per heavy atom. The van der Waals surface area contributed by atoms with E-state index in [1.807, 2.05) is 19.0 Å². The summed E-state index contributed by atoms with van der Waals surface area (Å²) in [5, 5.41) is 9.08. The molecule has 0 spiro atoms. The number of hydrogen-bond acceptors (Lipinski definition) is 6. The van der Waals surface area contributed by atoms with Crippen molar-refractivity contribution in [3.8, 4) is 0 Å². The fraction of sp³-hybridized carbons (Fsp3) is 0.750. The van der Waals surface area contributed by atoms with Crippen molar-refractivity contribution >= 4 is 11.6 Å². The van der Waals surface area contributed by atoms with Crippen LogP contribution in [0, 0.1) is 0 Å². The van der Waals surface area contributed by atoms with E-state index in [-0.39, 0.29) is 6.61 Å². The average Bonchev–Trinajstić information content (AvgIpc) is 3.35. The summed E-state index contributed by atoms with van der Waals surface area (Å²) in [7, 11) is 4.03. The molecule has 1 aliphatic heterocycles. The molecule has 22 heavy (non-hydrogen) atoms. The van der Waals surface area contributed by atoms with Gasteiger partial charge in [-0.15, -0.1) is 0 Å². The molecule has 0 radical (unpaired) electrons. The van der Waals surface area contributed by atoms with Gasteiger partial charge in [-0.1, -0.05) is 0 Å². The molecule has 0 amide bonds. The molecule has 0 atom stereocenters. The fourth-order valence-corrected chi connectivity index (χ4v) is 3.31. The van der Waals surface area contributed by atoms with E-state index in [9.17, 15) is 0 Å². The van der Waals surface area contributed by atoms with Crippen molar-refractivity contribution < 1.29 is 5.11 Å². The van der Waals surface area contributed by atoms with Gasteiger partial charge in [-0.05, 0) is 25.7 Å². The summed E-state index contributed by atoms with van der Waals surface area (Å²) >= 11 is 0. The third-order valence-corrected chi connectivity index (χ3v) is 4.67. The van der Waals surface area contributed by atoms with E-state index in [1.54, 1.807) is 6.33 Å². The maximum atomic E-state index is 9.08. The summed E-state index contributed by atoms with van der Waals surface area (Å²) in [6.07, 6.45) is 6.53. The minimum absolute atomic E-state index is 0.259. The highest BCUT2D eigenvalue weighted by Crippen LogP contribution is 2.35. The maximum absolute atomic E-state index is 9.08. The Morgan fingerprint density at radius 1 is 1.09 bits per heavy atom. The van der Waals surface area contributed by atoms with Crippen molar-refractivity contribution in [2.24, 2.45) is 0 Å². The molecule has 2 aliphatic rings. The lowest BCUT2D eigenvalue weighted by atomic mass is 10.0. The molecular formula is C16H27N5O. The molecule has 6 heteroatoms. The van der Waals surface area contributed by atoms with Crippen LogP contribution in [0.4, 0.5) is 11.6 Å². The van der Waals surface area contributed by atoms with E-state index in [2.05, 4.69) is 25.8 Å². The standard InChI is InChI=1S/C16H27N5O/c1-19(2)15-11-16(18-12-17-15)21(13-3-4-13)14-5-7-20(8-6-14)9-10-22/h11-14,22H,3-10H2,1-2H3. The number of nitrogens with zero attached hydrogens (tertiary/aromatic N) is 5. The van der Waals surface area contributed by atoms with Crippen LogP contribution in [-0.4, -0.2) is 72.4 Å². The Balaban J connectivity index is 1.72. The second-order valence-electron chi connectivity index (χ2n) is 6.56. The highest BCUT2D eigenvalue weighted by molar-refractivity contribution is 5.51. The molecule has 2 heterocycles. The van der Waals surface area contributed by atoms with Gasteiger partial charge in [0.2, 0.25) is 0 Å². The van der Waals surface area contributed by atoms with Crippen LogP contribution in [0.15, 0.2) is 12.4 Å². The molecule has 3 rings (SSSR count). The van der Waals surface area contributed by atoms with Gasteiger partial charge in [0.1, 0.15) is 18.0 Å². The van der Waals surface area contributed by atoms with Crippen LogP contribution < -0.4 is 9.80 Å². The van der Waals surface area contributed by atoms with Crippen LogP contribution >= 0.6 is 0 Å². The van der Waals surface area contributed by atoms with Crippen LogP contribution in [0.5, 0.6) is 0 Å². The molecule has 0 unspecified atom stereocenters. The fourth-order valence-electron chi connectivity index (χ4n) is 3.31. The first-order chi connectivity index (χ1) is 10.7. The molecule has 1 aliphatic carbocycles. The van der Waals surface area contributed by atoms with E-state index >= 15 is 0 Å². The Kier molecular flexibility index (Phi) is 4.78. The van der Waals surface area contributed by atoms with Gasteiger partial charge >= 0.3 is 0 Å². The van der Waals surface area contributed by atoms with Crippen LogP contribution in [0.2, 0.25) is 0 Å². The summed E-state index contributed by atoms with van der Waals surface area (Å²) in [5.41, 5.74) is 0. The van der Waals surface area contributed by atoms with Crippen LogP contribution in [0.1, 0.15) is 25.7 Å². The molecule has 1 aromatic heterocycles. The zero-order valence-corrected chi connectivity index (χ0v) is 13.6. The van der Waals surface area contributed by atoms with E-state index in [1.165, 1.54) is 12.8 Å². The molecule has 6 nitrogen and oxygen atoms in total. The maximum Gasteiger partial charge on any atom is 0.134 e. The number of aliphatic hydroxyl groups is 1. The molecule has 0 bridgehead atoms. The number of aromatic nitrogens is 2. The average molecular weight is 305 g/mol. The second-order valence-corrected chi connectivity index (χ2v) is 6.56. The first-order valence-electron chi connectivity index (χ1n) is 8.30. The number of β-amino-alcohol motifs (C(OH)–C–C–N with tert-alkyl or cyclic N) is 1. The van der Waals surface area contributed by atoms with Crippen molar-refractivity contribution in [1.29, 1.82) is 0 Å². The predicted molar refractivity (Wildman–Crippen MR) is 88.4 cm³/mol. The highest BCUT2D eigenvalue weighted by atomic mass is 16.3. The predicted octanol–water partition coefficient (Wildman–Crippen LogP) is 0.968. The Labute approximate surface area is 132 Å². The Morgan fingerprint density at radius 3 is 2.32 bits per heavy atom. The molecule has 122 valence electrons. The SMILES string of the molecule is CN(C)c1cc(N(C2CC2)C2CCN(CCO)CC2)ncn1. The lowest BCUT2D eigenvalue weighted by Crippen LogP contribution is -2.47. The minimum atomic E-state index is 0.259. The van der Waals surface area contributed by atoms with Gasteiger partial charge in [0.05, 0.1) is 6.61 Å². The molecule has 2 fully saturated rings.